The smallest absolute Gasteiger partial charge is 0.407 e. The molecular formula is C30H46N2O12. The molecule has 0 bridgehead atoms. The summed E-state index contributed by atoms with van der Waals surface area (Å²) in [5, 5.41) is 5.16. The lowest BCUT2D eigenvalue weighted by Gasteiger charge is -2.19. The zero-order chi connectivity index (χ0) is 33.7. The van der Waals surface area contributed by atoms with E-state index in [1.54, 1.807) is 13.8 Å². The van der Waals surface area contributed by atoms with Gasteiger partial charge in [0.2, 0.25) is 0 Å². The van der Waals surface area contributed by atoms with E-state index in [0.29, 0.717) is 19.4 Å². The Morgan fingerprint density at radius 2 is 0.864 bits per heavy atom. The SMILES string of the molecule is C=C(C)C(=O)OCC(COC(=O)C(=C)C)OC(=O)NCCCCCCNC(=O)OC(COC(=O)C(=C)C)COC(=O)C(C)C. The van der Waals surface area contributed by atoms with Gasteiger partial charge in [0.1, 0.15) is 26.4 Å². The molecule has 0 radical (unpaired) electrons. The lowest BCUT2D eigenvalue weighted by atomic mass is 10.2. The average Bonchev–Trinajstić information content (AvgIpc) is 2.95. The Hall–Kier alpha value is -4.36. The van der Waals surface area contributed by atoms with Crippen LogP contribution in [-0.2, 0) is 47.6 Å². The van der Waals surface area contributed by atoms with Crippen molar-refractivity contribution in [2.45, 2.75) is 72.5 Å². The van der Waals surface area contributed by atoms with E-state index >= 15 is 0 Å². The molecule has 2 N–H and O–H groups in total. The molecule has 14 heteroatoms. The van der Waals surface area contributed by atoms with E-state index in [1.807, 2.05) is 0 Å². The molecule has 0 saturated heterocycles. The van der Waals surface area contributed by atoms with Gasteiger partial charge in [-0.25, -0.2) is 24.0 Å². The summed E-state index contributed by atoms with van der Waals surface area (Å²) >= 11 is 0. The summed E-state index contributed by atoms with van der Waals surface area (Å²) in [4.78, 5) is 71.1. The van der Waals surface area contributed by atoms with Gasteiger partial charge < -0.3 is 39.1 Å². The third-order valence-corrected chi connectivity index (χ3v) is 5.32. The summed E-state index contributed by atoms with van der Waals surface area (Å²) in [5.74, 6) is -2.88. The molecule has 44 heavy (non-hydrogen) atoms. The number of carbonyl (C=O) groups excluding carboxylic acids is 6. The Morgan fingerprint density at radius 3 is 1.16 bits per heavy atom. The van der Waals surface area contributed by atoms with Gasteiger partial charge in [0.25, 0.3) is 0 Å². The molecule has 0 aliphatic carbocycles. The number of amides is 2. The molecule has 1 atom stereocenters. The van der Waals surface area contributed by atoms with Crippen LogP contribution < -0.4 is 10.6 Å². The molecule has 248 valence electrons. The molecule has 0 heterocycles. The summed E-state index contributed by atoms with van der Waals surface area (Å²) in [7, 11) is 0. The lowest BCUT2D eigenvalue weighted by molar-refractivity contribution is -0.153. The standard InChI is InChI=1S/C30H46N2O12/c1-19(2)25(33)39-15-23(16-40-26(34)20(3)4)43-29(37)31-13-11-9-10-12-14-32-30(38)44-24(17-41-27(35)21(5)6)18-42-28(36)22(7)8/h22-24H,1,3,5,9-18H2,2,4,6-8H3,(H,31,37)(H,32,38). The van der Waals surface area contributed by atoms with Crippen molar-refractivity contribution in [2.75, 3.05) is 39.5 Å². The molecule has 1 unspecified atom stereocenters. The first-order valence-corrected chi connectivity index (χ1v) is 14.2. The van der Waals surface area contributed by atoms with Crippen molar-refractivity contribution < 1.29 is 57.2 Å². The van der Waals surface area contributed by atoms with Gasteiger partial charge in [-0.2, -0.15) is 0 Å². The van der Waals surface area contributed by atoms with Crippen LogP contribution in [0.2, 0.25) is 0 Å². The van der Waals surface area contributed by atoms with E-state index in [4.69, 9.17) is 28.4 Å². The molecule has 0 aromatic rings. The highest BCUT2D eigenvalue weighted by molar-refractivity contribution is 5.87. The van der Waals surface area contributed by atoms with Crippen LogP contribution in [0, 0.1) is 5.92 Å². The van der Waals surface area contributed by atoms with Gasteiger partial charge in [0.05, 0.1) is 5.92 Å². The molecule has 0 aromatic heterocycles. The number of hydrogen-bond donors (Lipinski definition) is 2. The molecule has 0 rings (SSSR count). The van der Waals surface area contributed by atoms with Crippen molar-refractivity contribution in [3.05, 3.63) is 36.5 Å². The Labute approximate surface area is 258 Å². The zero-order valence-corrected chi connectivity index (χ0v) is 26.3. The summed E-state index contributed by atoms with van der Waals surface area (Å²) in [6.07, 6.45) is -0.909. The normalized spacial score (nSPS) is 11.1. The first-order chi connectivity index (χ1) is 20.6. The van der Waals surface area contributed by atoms with E-state index < -0.39 is 48.3 Å². The van der Waals surface area contributed by atoms with E-state index in [9.17, 15) is 28.8 Å². The van der Waals surface area contributed by atoms with Crippen molar-refractivity contribution in [3.8, 4) is 0 Å². The first kappa shape index (κ1) is 39.6. The van der Waals surface area contributed by atoms with Gasteiger partial charge in [-0.1, -0.05) is 46.4 Å². The van der Waals surface area contributed by atoms with Crippen LogP contribution in [0.3, 0.4) is 0 Å². The minimum absolute atomic E-state index is 0.161. The Kier molecular flexibility index (Phi) is 20.0. The topological polar surface area (TPSA) is 182 Å². The predicted molar refractivity (Wildman–Crippen MR) is 158 cm³/mol. The summed E-state index contributed by atoms with van der Waals surface area (Å²) in [6, 6.07) is 0. The van der Waals surface area contributed by atoms with Crippen LogP contribution in [0.1, 0.15) is 60.3 Å². The predicted octanol–water partition coefficient (Wildman–Crippen LogP) is 3.29. The Morgan fingerprint density at radius 1 is 0.545 bits per heavy atom. The average molecular weight is 627 g/mol. The maximum Gasteiger partial charge on any atom is 0.407 e. The molecule has 2 amide bonds. The number of hydrogen-bond acceptors (Lipinski definition) is 12. The highest BCUT2D eigenvalue weighted by Gasteiger charge is 2.21. The Balaban J connectivity index is 4.41. The van der Waals surface area contributed by atoms with E-state index in [-0.39, 0.29) is 55.6 Å². The molecule has 0 aliphatic heterocycles. The molecule has 0 spiro atoms. The minimum Gasteiger partial charge on any atom is -0.461 e. The molecular weight excluding hydrogens is 580 g/mol. The maximum absolute atomic E-state index is 12.2. The van der Waals surface area contributed by atoms with Crippen molar-refractivity contribution in [2.24, 2.45) is 5.92 Å². The van der Waals surface area contributed by atoms with Crippen LogP contribution in [0.4, 0.5) is 9.59 Å². The van der Waals surface area contributed by atoms with Crippen LogP contribution >= 0.6 is 0 Å². The second-order valence-electron chi connectivity index (χ2n) is 10.2. The highest BCUT2D eigenvalue weighted by atomic mass is 16.6. The fourth-order valence-electron chi connectivity index (χ4n) is 2.82. The van der Waals surface area contributed by atoms with Gasteiger partial charge in [-0.15, -0.1) is 0 Å². The number of esters is 4. The van der Waals surface area contributed by atoms with Crippen LogP contribution in [0.5, 0.6) is 0 Å². The molecule has 0 aliphatic rings. The first-order valence-electron chi connectivity index (χ1n) is 14.2. The quantitative estimate of drug-likeness (QED) is 0.0822. The largest absolute Gasteiger partial charge is 0.461 e. The third-order valence-electron chi connectivity index (χ3n) is 5.32. The number of rotatable bonds is 21. The number of nitrogens with one attached hydrogen (secondary N) is 2. The second kappa shape index (κ2) is 22.2. The fourth-order valence-corrected chi connectivity index (χ4v) is 2.82. The van der Waals surface area contributed by atoms with Crippen LogP contribution in [0.25, 0.3) is 0 Å². The summed E-state index contributed by atoms with van der Waals surface area (Å²) in [5.41, 5.74) is 0.496. The van der Waals surface area contributed by atoms with Crippen molar-refractivity contribution >= 4 is 36.1 Å². The summed E-state index contributed by atoms with van der Waals surface area (Å²) < 4.78 is 30.6. The van der Waals surface area contributed by atoms with Crippen molar-refractivity contribution in [1.29, 1.82) is 0 Å². The number of ether oxygens (including phenoxy) is 6. The number of alkyl carbamates (subject to hydrolysis) is 2. The third kappa shape index (κ3) is 19.7. The van der Waals surface area contributed by atoms with Crippen LogP contribution in [-0.4, -0.2) is 87.8 Å². The minimum atomic E-state index is -1.03. The summed E-state index contributed by atoms with van der Waals surface area (Å²) in [6.45, 7) is 17.5. The monoisotopic (exact) mass is 626 g/mol. The Bertz CT molecular complexity index is 1010. The lowest BCUT2D eigenvalue weighted by Crippen LogP contribution is -2.36. The van der Waals surface area contributed by atoms with Gasteiger partial charge >= 0.3 is 36.1 Å². The number of carbonyl (C=O) groups is 6. The van der Waals surface area contributed by atoms with Gasteiger partial charge in [0.15, 0.2) is 12.2 Å². The second-order valence-corrected chi connectivity index (χ2v) is 10.2. The fraction of sp³-hybridized carbons (Fsp3) is 0.600. The highest BCUT2D eigenvalue weighted by Crippen LogP contribution is 2.05. The molecule has 0 fully saturated rings. The molecule has 0 aromatic carbocycles. The zero-order valence-electron chi connectivity index (χ0n) is 26.3. The molecule has 14 nitrogen and oxygen atoms in total. The van der Waals surface area contributed by atoms with E-state index in [1.165, 1.54) is 20.8 Å². The van der Waals surface area contributed by atoms with Gasteiger partial charge in [-0.3, -0.25) is 4.79 Å². The van der Waals surface area contributed by atoms with Crippen LogP contribution in [0.15, 0.2) is 36.5 Å². The molecule has 0 saturated carbocycles. The van der Waals surface area contributed by atoms with E-state index in [0.717, 1.165) is 12.8 Å². The van der Waals surface area contributed by atoms with Gasteiger partial charge in [0, 0.05) is 29.8 Å². The van der Waals surface area contributed by atoms with Gasteiger partial charge in [-0.05, 0) is 33.6 Å². The van der Waals surface area contributed by atoms with Crippen molar-refractivity contribution in [1.82, 2.24) is 10.6 Å². The van der Waals surface area contributed by atoms with E-state index in [2.05, 4.69) is 30.4 Å². The maximum atomic E-state index is 12.2. The van der Waals surface area contributed by atoms with Crippen molar-refractivity contribution in [3.63, 3.8) is 0 Å². The number of unbranched alkanes of at least 4 members (excludes halogenated alkanes) is 3.